The van der Waals surface area contributed by atoms with Crippen molar-refractivity contribution in [2.24, 2.45) is 0 Å². The van der Waals surface area contributed by atoms with Crippen LogP contribution in [0.1, 0.15) is 0 Å². The molecule has 1 heterocycles. The molecule has 4 N–H and O–H groups in total. The van der Waals surface area contributed by atoms with Gasteiger partial charge in [-0.25, -0.2) is 0 Å². The second-order valence-corrected chi connectivity index (χ2v) is 2.32. The first-order chi connectivity index (χ1) is 5.15. The van der Waals surface area contributed by atoms with Gasteiger partial charge in [0.05, 0.1) is 6.61 Å². The third kappa shape index (κ3) is 1.62. The Labute approximate surface area is 63.2 Å². The van der Waals surface area contributed by atoms with Crippen LogP contribution in [0.4, 0.5) is 0 Å². The lowest BCUT2D eigenvalue weighted by Gasteiger charge is -2.28. The number of aliphatic hydroxyl groups excluding tert-OH is 4. The maximum absolute atomic E-state index is 9.06. The summed E-state index contributed by atoms with van der Waals surface area (Å²) in [6, 6.07) is 0. The summed E-state index contributed by atoms with van der Waals surface area (Å²) in [5.74, 6) is -0.471. The number of rotatable bonds is 1. The smallest absolute Gasteiger partial charge is 0.275 e. The molecule has 5 heteroatoms. The zero-order chi connectivity index (χ0) is 8.43. The fourth-order valence-electron chi connectivity index (χ4n) is 0.874. The van der Waals surface area contributed by atoms with Crippen LogP contribution in [0.25, 0.3) is 0 Å². The first-order valence-electron chi connectivity index (χ1n) is 3.19. The molecule has 0 fully saturated rings. The van der Waals surface area contributed by atoms with Gasteiger partial charge in [-0.15, -0.1) is 0 Å². The molecule has 0 radical (unpaired) electrons. The zero-order valence-electron chi connectivity index (χ0n) is 5.71. The molecule has 0 aromatic heterocycles. The predicted octanol–water partition coefficient (Wildman–Crippen LogP) is -1.50. The van der Waals surface area contributed by atoms with Crippen LogP contribution in [-0.4, -0.2) is 45.3 Å². The summed E-state index contributed by atoms with van der Waals surface area (Å²) in [5, 5.41) is 35.4. The molecule has 1 aliphatic rings. The third-order valence-corrected chi connectivity index (χ3v) is 1.50. The molecule has 5 nitrogen and oxygen atoms in total. The van der Waals surface area contributed by atoms with Gasteiger partial charge in [-0.05, 0) is 0 Å². The van der Waals surface area contributed by atoms with Gasteiger partial charge in [0.15, 0.2) is 6.10 Å². The van der Waals surface area contributed by atoms with Gasteiger partial charge in [-0.3, -0.25) is 0 Å². The Balaban J connectivity index is 2.67. The SMILES string of the molecule is OC[C@H]1OC(O)=C[C@@H](O)[C@H]1O. The first-order valence-corrected chi connectivity index (χ1v) is 3.19. The third-order valence-electron chi connectivity index (χ3n) is 1.50. The lowest BCUT2D eigenvalue weighted by atomic mass is 10.1. The van der Waals surface area contributed by atoms with Crippen molar-refractivity contribution in [2.75, 3.05) is 6.61 Å². The van der Waals surface area contributed by atoms with Crippen molar-refractivity contribution >= 4 is 0 Å². The van der Waals surface area contributed by atoms with Crippen LogP contribution in [-0.2, 0) is 4.74 Å². The van der Waals surface area contributed by atoms with Crippen LogP contribution < -0.4 is 0 Å². The molecule has 0 spiro atoms. The summed E-state index contributed by atoms with van der Waals surface area (Å²) in [5.41, 5.74) is 0. The number of hydrogen-bond donors (Lipinski definition) is 4. The number of hydrogen-bond acceptors (Lipinski definition) is 5. The van der Waals surface area contributed by atoms with E-state index >= 15 is 0 Å². The van der Waals surface area contributed by atoms with E-state index in [1.807, 2.05) is 0 Å². The van der Waals surface area contributed by atoms with E-state index in [2.05, 4.69) is 4.74 Å². The van der Waals surface area contributed by atoms with Crippen LogP contribution in [0, 0.1) is 0 Å². The van der Waals surface area contributed by atoms with Crippen molar-refractivity contribution in [3.8, 4) is 0 Å². The quantitative estimate of drug-likeness (QED) is 0.376. The van der Waals surface area contributed by atoms with Crippen molar-refractivity contribution in [3.05, 3.63) is 12.0 Å². The van der Waals surface area contributed by atoms with Crippen molar-refractivity contribution in [1.29, 1.82) is 0 Å². The standard InChI is InChI=1S/C6H10O5/c7-2-4-6(10)3(8)1-5(9)11-4/h1,3-4,6-10H,2H2/t3-,4-,6-/m1/s1. The normalized spacial score (nSPS) is 37.7. The molecule has 0 aromatic carbocycles. The molecule has 0 saturated heterocycles. The van der Waals surface area contributed by atoms with E-state index in [0.717, 1.165) is 6.08 Å². The lowest BCUT2D eigenvalue weighted by molar-refractivity contribution is -0.117. The average Bonchev–Trinajstić information content (AvgIpc) is 1.96. The molecule has 1 aliphatic heterocycles. The van der Waals surface area contributed by atoms with E-state index in [4.69, 9.17) is 20.4 Å². The summed E-state index contributed by atoms with van der Waals surface area (Å²) >= 11 is 0. The molecule has 0 saturated carbocycles. The van der Waals surface area contributed by atoms with Gasteiger partial charge in [0.25, 0.3) is 5.95 Å². The minimum atomic E-state index is -1.18. The van der Waals surface area contributed by atoms with E-state index in [1.165, 1.54) is 0 Å². The molecule has 0 aliphatic carbocycles. The topological polar surface area (TPSA) is 90.2 Å². The lowest BCUT2D eigenvalue weighted by Crippen LogP contribution is -2.43. The van der Waals surface area contributed by atoms with Gasteiger partial charge in [0, 0.05) is 6.08 Å². The van der Waals surface area contributed by atoms with Crippen molar-refractivity contribution in [3.63, 3.8) is 0 Å². The highest BCUT2D eigenvalue weighted by molar-refractivity contribution is 5.00. The van der Waals surface area contributed by atoms with Crippen LogP contribution in [0.2, 0.25) is 0 Å². The Hall–Kier alpha value is -0.780. The highest BCUT2D eigenvalue weighted by Gasteiger charge is 2.31. The molecule has 64 valence electrons. The molecule has 0 bridgehead atoms. The van der Waals surface area contributed by atoms with Crippen LogP contribution >= 0.6 is 0 Å². The maximum atomic E-state index is 9.06. The molecular formula is C6H10O5. The second-order valence-electron chi connectivity index (χ2n) is 2.32. The van der Waals surface area contributed by atoms with Crippen molar-refractivity contribution in [1.82, 2.24) is 0 Å². The summed E-state index contributed by atoms with van der Waals surface area (Å²) in [7, 11) is 0. The Morgan fingerprint density at radius 3 is 2.64 bits per heavy atom. The summed E-state index contributed by atoms with van der Waals surface area (Å²) in [6.07, 6.45) is -2.34. The van der Waals surface area contributed by atoms with Crippen molar-refractivity contribution < 1.29 is 25.2 Å². The summed E-state index contributed by atoms with van der Waals surface area (Å²) in [6.45, 7) is -0.448. The predicted molar refractivity (Wildman–Crippen MR) is 34.7 cm³/mol. The Morgan fingerprint density at radius 1 is 1.45 bits per heavy atom. The fraction of sp³-hybridized carbons (Fsp3) is 0.667. The first kappa shape index (κ1) is 8.32. The van der Waals surface area contributed by atoms with Crippen LogP contribution in [0.15, 0.2) is 12.0 Å². The molecular weight excluding hydrogens is 152 g/mol. The molecule has 0 unspecified atom stereocenters. The summed E-state index contributed by atoms with van der Waals surface area (Å²) < 4.78 is 4.57. The molecule has 3 atom stereocenters. The fourth-order valence-corrected chi connectivity index (χ4v) is 0.874. The Bertz CT molecular complexity index is 166. The van der Waals surface area contributed by atoms with E-state index in [0.29, 0.717) is 0 Å². The average molecular weight is 162 g/mol. The van der Waals surface area contributed by atoms with Crippen LogP contribution in [0.5, 0.6) is 0 Å². The number of ether oxygens (including phenoxy) is 1. The van der Waals surface area contributed by atoms with Crippen molar-refractivity contribution in [2.45, 2.75) is 18.3 Å². The minimum Gasteiger partial charge on any atom is -0.481 e. The molecule has 1 rings (SSSR count). The maximum Gasteiger partial charge on any atom is 0.275 e. The van der Waals surface area contributed by atoms with Gasteiger partial charge >= 0.3 is 0 Å². The van der Waals surface area contributed by atoms with Gasteiger partial charge in [0.2, 0.25) is 0 Å². The second kappa shape index (κ2) is 3.08. The molecule has 0 amide bonds. The zero-order valence-corrected chi connectivity index (χ0v) is 5.71. The van der Waals surface area contributed by atoms with Gasteiger partial charge in [-0.2, -0.15) is 0 Å². The molecule has 0 aromatic rings. The van der Waals surface area contributed by atoms with E-state index < -0.39 is 30.9 Å². The monoisotopic (exact) mass is 162 g/mol. The van der Waals surface area contributed by atoms with Gasteiger partial charge < -0.3 is 25.2 Å². The van der Waals surface area contributed by atoms with Crippen LogP contribution in [0.3, 0.4) is 0 Å². The van der Waals surface area contributed by atoms with E-state index in [-0.39, 0.29) is 0 Å². The highest BCUT2D eigenvalue weighted by atomic mass is 16.6. The molecule has 11 heavy (non-hydrogen) atoms. The Kier molecular flexibility index (Phi) is 2.33. The van der Waals surface area contributed by atoms with Gasteiger partial charge in [-0.1, -0.05) is 0 Å². The highest BCUT2D eigenvalue weighted by Crippen LogP contribution is 2.15. The summed E-state index contributed by atoms with van der Waals surface area (Å²) in [4.78, 5) is 0. The van der Waals surface area contributed by atoms with E-state index in [9.17, 15) is 0 Å². The van der Waals surface area contributed by atoms with Gasteiger partial charge in [0.1, 0.15) is 12.2 Å². The minimum absolute atomic E-state index is 0.448. The van der Waals surface area contributed by atoms with E-state index in [1.54, 1.807) is 0 Å². The number of aliphatic hydroxyl groups is 4. The largest absolute Gasteiger partial charge is 0.481 e. The Morgan fingerprint density at radius 2 is 2.09 bits per heavy atom.